The van der Waals surface area contributed by atoms with Gasteiger partial charge in [0.25, 0.3) is 5.91 Å². The third-order valence-corrected chi connectivity index (χ3v) is 4.89. The van der Waals surface area contributed by atoms with Crippen LogP contribution < -0.4 is 0 Å². The average Bonchev–Trinajstić information content (AvgIpc) is 2.79. The topological polar surface area (TPSA) is 36.4 Å². The first-order valence-corrected chi connectivity index (χ1v) is 8.13. The van der Waals surface area contributed by atoms with Gasteiger partial charge in [0.1, 0.15) is 0 Å². The summed E-state index contributed by atoms with van der Waals surface area (Å²) in [7, 11) is 0. The van der Waals surface area contributed by atoms with E-state index in [1.54, 1.807) is 12.4 Å². The van der Waals surface area contributed by atoms with E-state index in [9.17, 15) is 4.79 Å². The molecule has 0 aliphatic carbocycles. The highest BCUT2D eigenvalue weighted by Gasteiger charge is 2.36. The predicted octanol–water partition coefficient (Wildman–Crippen LogP) is 2.34. The number of aryl methyl sites for hydroxylation is 1. The fourth-order valence-corrected chi connectivity index (χ4v) is 3.76. The molecule has 3 saturated heterocycles. The fourth-order valence-electron chi connectivity index (χ4n) is 3.76. The maximum absolute atomic E-state index is 12.8. The zero-order valence-corrected chi connectivity index (χ0v) is 13.1. The van der Waals surface area contributed by atoms with Crippen LogP contribution in [0.4, 0.5) is 0 Å². The molecule has 3 aliphatic rings. The Hall–Kier alpha value is -1.42. The van der Waals surface area contributed by atoms with Crippen LogP contribution in [-0.4, -0.2) is 52.9 Å². The summed E-state index contributed by atoms with van der Waals surface area (Å²) in [5.74, 6) is 0.798. The molecule has 2 atom stereocenters. The molecule has 4 heterocycles. The van der Waals surface area contributed by atoms with Gasteiger partial charge in [0.2, 0.25) is 0 Å². The Labute approximate surface area is 127 Å². The lowest BCUT2D eigenvalue weighted by atomic mass is 9.95. The van der Waals surface area contributed by atoms with E-state index >= 15 is 0 Å². The summed E-state index contributed by atoms with van der Waals surface area (Å²) in [6.45, 7) is 8.34. The molecule has 0 aromatic carbocycles. The molecule has 21 heavy (non-hydrogen) atoms. The Morgan fingerprint density at radius 1 is 1.33 bits per heavy atom. The van der Waals surface area contributed by atoms with Crippen molar-refractivity contribution in [3.05, 3.63) is 29.6 Å². The van der Waals surface area contributed by atoms with E-state index in [0.29, 0.717) is 12.0 Å². The lowest BCUT2D eigenvalue weighted by molar-refractivity contribution is 0.0737. The first-order valence-electron chi connectivity index (χ1n) is 8.13. The van der Waals surface area contributed by atoms with Crippen LogP contribution in [0.25, 0.3) is 0 Å². The van der Waals surface area contributed by atoms with Gasteiger partial charge in [-0.1, -0.05) is 6.92 Å². The molecule has 1 amide bonds. The van der Waals surface area contributed by atoms with Crippen LogP contribution in [0.1, 0.15) is 42.1 Å². The van der Waals surface area contributed by atoms with Gasteiger partial charge in [-0.2, -0.15) is 0 Å². The molecule has 3 fully saturated rings. The van der Waals surface area contributed by atoms with Crippen LogP contribution in [0.5, 0.6) is 0 Å². The quantitative estimate of drug-likeness (QED) is 0.856. The van der Waals surface area contributed by atoms with Crippen molar-refractivity contribution in [1.29, 1.82) is 0 Å². The minimum atomic E-state index is 0.163. The monoisotopic (exact) mass is 287 g/mol. The number of hydrogen-bond donors (Lipinski definition) is 0. The van der Waals surface area contributed by atoms with E-state index in [4.69, 9.17) is 0 Å². The standard InChI is InChI=1S/C17H25N3O/c1-3-8-19-10-14-4-5-15(19)12-20(11-14)17(21)16-9-18-7-6-13(16)2/h6-7,9,14-15H,3-5,8,10-12H2,1-2H3/t14-,15-/m1/s1. The molecule has 0 saturated carbocycles. The molecule has 0 unspecified atom stereocenters. The van der Waals surface area contributed by atoms with Gasteiger partial charge in [-0.3, -0.25) is 14.7 Å². The van der Waals surface area contributed by atoms with E-state index in [2.05, 4.69) is 21.7 Å². The molecule has 0 radical (unpaired) electrons. The Morgan fingerprint density at radius 2 is 2.19 bits per heavy atom. The second kappa shape index (κ2) is 6.14. The number of aromatic nitrogens is 1. The third-order valence-electron chi connectivity index (χ3n) is 4.89. The van der Waals surface area contributed by atoms with E-state index in [1.807, 2.05) is 13.0 Å². The van der Waals surface area contributed by atoms with Gasteiger partial charge in [-0.25, -0.2) is 0 Å². The molecule has 4 nitrogen and oxygen atoms in total. The summed E-state index contributed by atoms with van der Waals surface area (Å²) in [5, 5.41) is 0. The molecule has 3 aliphatic heterocycles. The number of hydrogen-bond acceptors (Lipinski definition) is 3. The number of carbonyl (C=O) groups excluding carboxylic acids is 1. The van der Waals surface area contributed by atoms with Crippen LogP contribution >= 0.6 is 0 Å². The van der Waals surface area contributed by atoms with Crippen LogP contribution in [-0.2, 0) is 0 Å². The van der Waals surface area contributed by atoms with Gasteiger partial charge in [-0.05, 0) is 50.3 Å². The maximum atomic E-state index is 12.8. The second-order valence-corrected chi connectivity index (χ2v) is 6.49. The highest BCUT2D eigenvalue weighted by Crippen LogP contribution is 2.29. The molecule has 1 aromatic rings. The number of amides is 1. The van der Waals surface area contributed by atoms with Gasteiger partial charge < -0.3 is 4.90 Å². The molecule has 114 valence electrons. The van der Waals surface area contributed by atoms with Crippen LogP contribution in [0.2, 0.25) is 0 Å². The third kappa shape index (κ3) is 2.95. The van der Waals surface area contributed by atoms with Crippen molar-refractivity contribution in [2.75, 3.05) is 26.2 Å². The molecule has 1 aromatic heterocycles. The van der Waals surface area contributed by atoms with Crippen LogP contribution in [0, 0.1) is 12.8 Å². The Bertz CT molecular complexity index is 517. The minimum Gasteiger partial charge on any atom is -0.337 e. The van der Waals surface area contributed by atoms with Crippen molar-refractivity contribution >= 4 is 5.91 Å². The summed E-state index contributed by atoms with van der Waals surface area (Å²) in [5.41, 5.74) is 1.79. The van der Waals surface area contributed by atoms with E-state index in [1.165, 1.54) is 19.3 Å². The Balaban J connectivity index is 1.78. The maximum Gasteiger partial charge on any atom is 0.255 e. The molecule has 0 spiro atoms. The molecule has 2 bridgehead atoms. The predicted molar refractivity (Wildman–Crippen MR) is 83.3 cm³/mol. The number of fused-ring (bicyclic) bond motifs is 4. The molecule has 4 heteroatoms. The van der Waals surface area contributed by atoms with Crippen molar-refractivity contribution < 1.29 is 4.79 Å². The summed E-state index contributed by atoms with van der Waals surface area (Å²) in [6.07, 6.45) is 7.16. The summed E-state index contributed by atoms with van der Waals surface area (Å²) >= 11 is 0. The Kier molecular flexibility index (Phi) is 4.24. The number of carbonyl (C=O) groups is 1. The van der Waals surface area contributed by atoms with Crippen molar-refractivity contribution in [3.8, 4) is 0 Å². The molecular formula is C17H25N3O. The van der Waals surface area contributed by atoms with Crippen molar-refractivity contribution in [3.63, 3.8) is 0 Å². The number of pyridine rings is 1. The first kappa shape index (κ1) is 14.5. The van der Waals surface area contributed by atoms with Crippen molar-refractivity contribution in [2.45, 2.75) is 39.2 Å². The minimum absolute atomic E-state index is 0.163. The normalized spacial score (nSPS) is 25.9. The first-order chi connectivity index (χ1) is 10.2. The zero-order chi connectivity index (χ0) is 14.8. The van der Waals surface area contributed by atoms with Gasteiger partial charge in [0.05, 0.1) is 5.56 Å². The smallest absolute Gasteiger partial charge is 0.255 e. The average molecular weight is 287 g/mol. The number of rotatable bonds is 3. The molecule has 0 N–H and O–H groups in total. The second-order valence-electron chi connectivity index (χ2n) is 6.49. The van der Waals surface area contributed by atoms with Crippen molar-refractivity contribution in [2.24, 2.45) is 5.92 Å². The van der Waals surface area contributed by atoms with Crippen LogP contribution in [0.3, 0.4) is 0 Å². The largest absolute Gasteiger partial charge is 0.337 e. The number of piperidine rings is 1. The summed E-state index contributed by atoms with van der Waals surface area (Å²) in [6, 6.07) is 2.47. The van der Waals surface area contributed by atoms with E-state index in [0.717, 1.165) is 37.3 Å². The van der Waals surface area contributed by atoms with Gasteiger partial charge in [0, 0.05) is 38.1 Å². The van der Waals surface area contributed by atoms with E-state index in [-0.39, 0.29) is 5.91 Å². The van der Waals surface area contributed by atoms with E-state index < -0.39 is 0 Å². The highest BCUT2D eigenvalue weighted by atomic mass is 16.2. The fraction of sp³-hybridized carbons (Fsp3) is 0.647. The van der Waals surface area contributed by atoms with Crippen molar-refractivity contribution in [1.82, 2.24) is 14.8 Å². The Morgan fingerprint density at radius 3 is 2.95 bits per heavy atom. The zero-order valence-electron chi connectivity index (χ0n) is 13.1. The lowest BCUT2D eigenvalue weighted by Gasteiger charge is -2.35. The number of nitrogens with zero attached hydrogens (tertiary/aromatic N) is 3. The molecular weight excluding hydrogens is 262 g/mol. The molecule has 4 rings (SSSR count). The van der Waals surface area contributed by atoms with Gasteiger partial charge >= 0.3 is 0 Å². The van der Waals surface area contributed by atoms with Gasteiger partial charge in [0.15, 0.2) is 0 Å². The SMILES string of the molecule is CCCN1C[C@H]2CC[C@@H]1CN(C(=O)c1cnccc1C)C2. The highest BCUT2D eigenvalue weighted by molar-refractivity contribution is 5.95. The summed E-state index contributed by atoms with van der Waals surface area (Å²) < 4.78 is 0. The van der Waals surface area contributed by atoms with Gasteiger partial charge in [-0.15, -0.1) is 0 Å². The van der Waals surface area contributed by atoms with Crippen LogP contribution in [0.15, 0.2) is 18.5 Å². The summed E-state index contributed by atoms with van der Waals surface area (Å²) in [4.78, 5) is 21.6. The lowest BCUT2D eigenvalue weighted by Crippen LogP contribution is -2.44.